The van der Waals surface area contributed by atoms with Gasteiger partial charge in [-0.25, -0.2) is 9.97 Å². The highest BCUT2D eigenvalue weighted by atomic mass is 32.1. The summed E-state index contributed by atoms with van der Waals surface area (Å²) in [5.41, 5.74) is 0.955. The summed E-state index contributed by atoms with van der Waals surface area (Å²) in [6, 6.07) is 1.98. The van der Waals surface area contributed by atoms with Crippen LogP contribution in [-0.2, 0) is 0 Å². The van der Waals surface area contributed by atoms with Gasteiger partial charge in [-0.2, -0.15) is 0 Å². The third-order valence-corrected chi connectivity index (χ3v) is 4.35. The van der Waals surface area contributed by atoms with E-state index in [4.69, 9.17) is 0 Å². The standard InChI is InChI=1S/C12H15N3O2S/c16-6-8-5-15(3-1-10(8)17)12-11-9(2-4-18-11)13-7-14-12/h2,4,7-8,10,16-17H,1,3,5-6H2. The van der Waals surface area contributed by atoms with E-state index in [0.29, 0.717) is 13.0 Å². The highest BCUT2D eigenvalue weighted by Gasteiger charge is 2.28. The molecule has 0 aliphatic carbocycles. The maximum absolute atomic E-state index is 9.79. The van der Waals surface area contributed by atoms with Gasteiger partial charge in [-0.3, -0.25) is 0 Å². The van der Waals surface area contributed by atoms with Crippen LogP contribution in [0.15, 0.2) is 17.8 Å². The number of thiophene rings is 1. The SMILES string of the molecule is OCC1CN(c2ncnc3ccsc23)CCC1O. The van der Waals surface area contributed by atoms with Crippen LogP contribution >= 0.6 is 11.3 Å². The van der Waals surface area contributed by atoms with Crippen LogP contribution < -0.4 is 4.90 Å². The molecular formula is C12H15N3O2S. The van der Waals surface area contributed by atoms with Gasteiger partial charge < -0.3 is 15.1 Å². The molecule has 5 nitrogen and oxygen atoms in total. The van der Waals surface area contributed by atoms with Crippen LogP contribution in [0.1, 0.15) is 6.42 Å². The maximum Gasteiger partial charge on any atom is 0.150 e. The van der Waals surface area contributed by atoms with Crippen molar-refractivity contribution in [2.75, 3.05) is 24.6 Å². The van der Waals surface area contributed by atoms with Crippen molar-refractivity contribution in [3.63, 3.8) is 0 Å². The molecule has 1 aliphatic heterocycles. The normalized spacial score (nSPS) is 24.7. The van der Waals surface area contributed by atoms with E-state index in [2.05, 4.69) is 14.9 Å². The van der Waals surface area contributed by atoms with Gasteiger partial charge in [-0.1, -0.05) is 0 Å². The molecule has 3 rings (SSSR count). The lowest BCUT2D eigenvalue weighted by atomic mass is 9.95. The summed E-state index contributed by atoms with van der Waals surface area (Å²) >= 11 is 1.63. The minimum atomic E-state index is -0.410. The largest absolute Gasteiger partial charge is 0.396 e. The number of hydrogen-bond acceptors (Lipinski definition) is 6. The number of rotatable bonds is 2. The summed E-state index contributed by atoms with van der Waals surface area (Å²) in [5.74, 6) is 0.823. The van der Waals surface area contributed by atoms with Gasteiger partial charge in [-0.05, 0) is 17.9 Å². The summed E-state index contributed by atoms with van der Waals surface area (Å²) in [7, 11) is 0. The Labute approximate surface area is 109 Å². The summed E-state index contributed by atoms with van der Waals surface area (Å²) in [4.78, 5) is 10.7. The van der Waals surface area contributed by atoms with Crippen molar-refractivity contribution in [2.24, 2.45) is 5.92 Å². The first-order chi connectivity index (χ1) is 8.79. The zero-order valence-electron chi connectivity index (χ0n) is 9.86. The molecule has 0 bridgehead atoms. The van der Waals surface area contributed by atoms with Crippen LogP contribution in [0.4, 0.5) is 5.82 Å². The molecule has 0 aromatic carbocycles. The number of fused-ring (bicyclic) bond motifs is 1. The van der Waals surface area contributed by atoms with Gasteiger partial charge >= 0.3 is 0 Å². The van der Waals surface area contributed by atoms with Crippen LogP contribution in [0.5, 0.6) is 0 Å². The van der Waals surface area contributed by atoms with E-state index in [1.807, 2.05) is 11.4 Å². The third kappa shape index (κ3) is 1.96. The Bertz CT molecular complexity index is 545. The van der Waals surface area contributed by atoms with E-state index in [9.17, 15) is 10.2 Å². The molecule has 0 saturated carbocycles. The molecular weight excluding hydrogens is 250 g/mol. The van der Waals surface area contributed by atoms with Crippen LogP contribution in [0.2, 0.25) is 0 Å². The molecule has 18 heavy (non-hydrogen) atoms. The molecule has 2 N–H and O–H groups in total. The fraction of sp³-hybridized carbons (Fsp3) is 0.500. The van der Waals surface area contributed by atoms with Gasteiger partial charge in [0.2, 0.25) is 0 Å². The molecule has 2 unspecified atom stereocenters. The number of aromatic nitrogens is 2. The quantitative estimate of drug-likeness (QED) is 0.843. The Morgan fingerprint density at radius 1 is 1.44 bits per heavy atom. The Morgan fingerprint density at radius 2 is 2.33 bits per heavy atom. The Kier molecular flexibility index (Phi) is 3.15. The van der Waals surface area contributed by atoms with E-state index >= 15 is 0 Å². The molecule has 96 valence electrons. The molecule has 0 amide bonds. The van der Waals surface area contributed by atoms with Crippen molar-refractivity contribution in [2.45, 2.75) is 12.5 Å². The van der Waals surface area contributed by atoms with Gasteiger partial charge in [0.15, 0.2) is 0 Å². The highest BCUT2D eigenvalue weighted by molar-refractivity contribution is 7.17. The molecule has 0 spiro atoms. The number of nitrogens with zero attached hydrogens (tertiary/aromatic N) is 3. The first kappa shape index (κ1) is 11.8. The summed E-state index contributed by atoms with van der Waals surface area (Å²) < 4.78 is 1.07. The molecule has 1 aliphatic rings. The molecule has 6 heteroatoms. The van der Waals surface area contributed by atoms with Crippen molar-refractivity contribution in [3.05, 3.63) is 17.8 Å². The predicted octanol–water partition coefficient (Wildman–Crippen LogP) is 0.871. The number of hydrogen-bond donors (Lipinski definition) is 2. The second-order valence-corrected chi connectivity index (χ2v) is 5.49. The van der Waals surface area contributed by atoms with Crippen molar-refractivity contribution >= 4 is 27.4 Å². The van der Waals surface area contributed by atoms with Crippen LogP contribution in [0, 0.1) is 5.92 Å². The molecule has 1 fully saturated rings. The average molecular weight is 265 g/mol. The number of piperidine rings is 1. The second kappa shape index (κ2) is 4.79. The Hall–Kier alpha value is -1.24. The first-order valence-electron chi connectivity index (χ1n) is 6.01. The lowest BCUT2D eigenvalue weighted by molar-refractivity contribution is 0.0524. The Balaban J connectivity index is 1.93. The third-order valence-electron chi connectivity index (χ3n) is 3.45. The van der Waals surface area contributed by atoms with E-state index in [1.54, 1.807) is 17.7 Å². The van der Waals surface area contributed by atoms with Gasteiger partial charge in [0.05, 0.1) is 22.9 Å². The molecule has 2 aromatic heterocycles. The van der Waals surface area contributed by atoms with Crippen LogP contribution in [0.25, 0.3) is 10.2 Å². The minimum absolute atomic E-state index is 0.0103. The number of aliphatic hydroxyl groups is 2. The van der Waals surface area contributed by atoms with Gasteiger partial charge in [0.25, 0.3) is 0 Å². The monoisotopic (exact) mass is 265 g/mol. The maximum atomic E-state index is 9.79. The molecule has 2 aromatic rings. The smallest absolute Gasteiger partial charge is 0.150 e. The van der Waals surface area contributed by atoms with Crippen LogP contribution in [-0.4, -0.2) is 46.0 Å². The fourth-order valence-corrected chi connectivity index (χ4v) is 3.25. The lowest BCUT2D eigenvalue weighted by Gasteiger charge is -2.36. The van der Waals surface area contributed by atoms with Crippen molar-refractivity contribution in [1.82, 2.24) is 9.97 Å². The van der Waals surface area contributed by atoms with Crippen molar-refractivity contribution in [3.8, 4) is 0 Å². The first-order valence-corrected chi connectivity index (χ1v) is 6.89. The lowest BCUT2D eigenvalue weighted by Crippen LogP contribution is -2.45. The van der Waals surface area contributed by atoms with E-state index in [0.717, 1.165) is 22.6 Å². The van der Waals surface area contributed by atoms with Crippen molar-refractivity contribution < 1.29 is 10.2 Å². The average Bonchev–Trinajstić information content (AvgIpc) is 2.87. The van der Waals surface area contributed by atoms with E-state index in [-0.39, 0.29) is 12.5 Å². The zero-order chi connectivity index (χ0) is 12.5. The predicted molar refractivity (Wildman–Crippen MR) is 70.8 cm³/mol. The topological polar surface area (TPSA) is 69.5 Å². The summed E-state index contributed by atoms with van der Waals surface area (Å²) in [6.45, 7) is 1.42. The fourth-order valence-electron chi connectivity index (χ4n) is 2.39. The highest BCUT2D eigenvalue weighted by Crippen LogP contribution is 2.30. The Morgan fingerprint density at radius 3 is 3.17 bits per heavy atom. The van der Waals surface area contributed by atoms with Gasteiger partial charge in [0, 0.05) is 19.0 Å². The van der Waals surface area contributed by atoms with Crippen molar-refractivity contribution in [1.29, 1.82) is 0 Å². The minimum Gasteiger partial charge on any atom is -0.396 e. The number of anilines is 1. The van der Waals surface area contributed by atoms with E-state index in [1.165, 1.54) is 0 Å². The number of aliphatic hydroxyl groups excluding tert-OH is 2. The van der Waals surface area contributed by atoms with Crippen LogP contribution in [0.3, 0.4) is 0 Å². The van der Waals surface area contributed by atoms with Gasteiger partial charge in [-0.15, -0.1) is 11.3 Å². The molecule has 3 heterocycles. The molecule has 1 saturated heterocycles. The van der Waals surface area contributed by atoms with Gasteiger partial charge in [0.1, 0.15) is 12.1 Å². The van der Waals surface area contributed by atoms with E-state index < -0.39 is 6.10 Å². The molecule has 2 atom stereocenters. The molecule has 0 radical (unpaired) electrons. The summed E-state index contributed by atoms with van der Waals surface area (Å²) in [5, 5.41) is 21.1. The summed E-state index contributed by atoms with van der Waals surface area (Å²) in [6.07, 6.45) is 1.83. The zero-order valence-corrected chi connectivity index (χ0v) is 10.7. The second-order valence-electron chi connectivity index (χ2n) is 4.58.